The molecule has 1 rings (SSSR count). The van der Waals surface area contributed by atoms with Gasteiger partial charge in [0.05, 0.1) is 7.11 Å². The van der Waals surface area contributed by atoms with E-state index >= 15 is 0 Å². The Morgan fingerprint density at radius 2 is 1.82 bits per heavy atom. The molecular weight excluding hydrogens is 261 g/mol. The second kappa shape index (κ2) is 5.71. The summed E-state index contributed by atoms with van der Waals surface area (Å²) in [5, 5.41) is 4.24. The molecular formula is C12H15Cl2NO2. The number of ether oxygens (including phenoxy) is 1. The van der Waals surface area contributed by atoms with Gasteiger partial charge in [-0.25, -0.2) is 0 Å². The summed E-state index contributed by atoms with van der Waals surface area (Å²) in [5.41, 5.74) is 0.170. The molecule has 0 aliphatic heterocycles. The van der Waals surface area contributed by atoms with Crippen LogP contribution in [0.3, 0.4) is 0 Å². The first kappa shape index (κ1) is 14.3. The van der Waals surface area contributed by atoms with Gasteiger partial charge in [-0.15, -0.1) is 0 Å². The van der Waals surface area contributed by atoms with Crippen molar-refractivity contribution in [1.82, 2.24) is 5.32 Å². The standard InChI is InChI=1S/C12H15Cl2NO2/c1-12(2,11(16)17-3)15-7-8-4-9(13)6-10(14)5-8/h4-6,15H,7H2,1-3H3. The average Bonchev–Trinajstić information content (AvgIpc) is 2.24. The number of carbonyl (C=O) groups excluding carboxylic acids is 1. The number of methoxy groups -OCH3 is 1. The number of halogens is 2. The molecule has 3 nitrogen and oxygen atoms in total. The van der Waals surface area contributed by atoms with Crippen molar-refractivity contribution < 1.29 is 9.53 Å². The van der Waals surface area contributed by atoms with Gasteiger partial charge in [0.15, 0.2) is 0 Å². The fraction of sp³-hybridized carbons (Fsp3) is 0.417. The normalized spacial score (nSPS) is 11.4. The summed E-state index contributed by atoms with van der Waals surface area (Å²) in [7, 11) is 1.36. The van der Waals surface area contributed by atoms with E-state index in [1.54, 1.807) is 32.0 Å². The second-order valence-corrected chi connectivity index (χ2v) is 5.12. The molecule has 0 atom stereocenters. The van der Waals surface area contributed by atoms with Crippen molar-refractivity contribution in [3.05, 3.63) is 33.8 Å². The summed E-state index contributed by atoms with van der Waals surface area (Å²) in [5.74, 6) is -0.314. The summed E-state index contributed by atoms with van der Waals surface area (Å²) in [6, 6.07) is 5.26. The lowest BCUT2D eigenvalue weighted by molar-refractivity contribution is -0.147. The van der Waals surface area contributed by atoms with Crippen LogP contribution in [0.15, 0.2) is 18.2 Å². The Kier molecular flexibility index (Phi) is 4.80. The minimum Gasteiger partial charge on any atom is -0.468 e. The zero-order chi connectivity index (χ0) is 13.1. The van der Waals surface area contributed by atoms with Crippen LogP contribution in [0.2, 0.25) is 10.0 Å². The Bertz CT molecular complexity index is 399. The van der Waals surface area contributed by atoms with Crippen molar-refractivity contribution in [2.45, 2.75) is 25.9 Å². The lowest BCUT2D eigenvalue weighted by Gasteiger charge is -2.23. The topological polar surface area (TPSA) is 38.3 Å². The van der Waals surface area contributed by atoms with Crippen molar-refractivity contribution in [2.24, 2.45) is 0 Å². The maximum absolute atomic E-state index is 11.5. The Balaban J connectivity index is 2.70. The minimum atomic E-state index is -0.746. The Morgan fingerprint density at radius 3 is 2.29 bits per heavy atom. The number of hydrogen-bond donors (Lipinski definition) is 1. The van der Waals surface area contributed by atoms with Crippen LogP contribution in [0.4, 0.5) is 0 Å². The van der Waals surface area contributed by atoms with Gasteiger partial charge in [0.25, 0.3) is 0 Å². The maximum atomic E-state index is 11.5. The van der Waals surface area contributed by atoms with Gasteiger partial charge in [-0.1, -0.05) is 23.2 Å². The van der Waals surface area contributed by atoms with Crippen LogP contribution in [0, 0.1) is 0 Å². The van der Waals surface area contributed by atoms with Crippen LogP contribution in [0.5, 0.6) is 0 Å². The van der Waals surface area contributed by atoms with Gasteiger partial charge in [0, 0.05) is 16.6 Å². The zero-order valence-electron chi connectivity index (χ0n) is 10.0. The quantitative estimate of drug-likeness (QED) is 0.859. The van der Waals surface area contributed by atoms with Gasteiger partial charge in [0.1, 0.15) is 5.54 Å². The smallest absolute Gasteiger partial charge is 0.325 e. The first-order valence-corrected chi connectivity index (χ1v) is 5.89. The molecule has 0 unspecified atom stereocenters. The molecule has 1 aromatic carbocycles. The number of benzene rings is 1. The number of nitrogens with one attached hydrogen (secondary N) is 1. The highest BCUT2D eigenvalue weighted by Gasteiger charge is 2.27. The molecule has 0 aliphatic rings. The highest BCUT2D eigenvalue weighted by molar-refractivity contribution is 6.34. The fourth-order valence-electron chi connectivity index (χ4n) is 1.36. The summed E-state index contributed by atoms with van der Waals surface area (Å²) >= 11 is 11.8. The number of hydrogen-bond acceptors (Lipinski definition) is 3. The summed E-state index contributed by atoms with van der Waals surface area (Å²) in [6.45, 7) is 4.00. The number of rotatable bonds is 4. The van der Waals surface area contributed by atoms with Crippen molar-refractivity contribution in [3.63, 3.8) is 0 Å². The van der Waals surface area contributed by atoms with E-state index in [4.69, 9.17) is 27.9 Å². The predicted molar refractivity (Wildman–Crippen MR) is 69.4 cm³/mol. The summed E-state index contributed by atoms with van der Waals surface area (Å²) < 4.78 is 4.70. The molecule has 0 heterocycles. The van der Waals surface area contributed by atoms with E-state index in [2.05, 4.69) is 5.32 Å². The van der Waals surface area contributed by atoms with Gasteiger partial charge in [0.2, 0.25) is 0 Å². The maximum Gasteiger partial charge on any atom is 0.325 e. The predicted octanol–water partition coefficient (Wildman–Crippen LogP) is 3.03. The van der Waals surface area contributed by atoms with Crippen molar-refractivity contribution in [3.8, 4) is 0 Å². The third-order valence-electron chi connectivity index (χ3n) is 2.35. The largest absolute Gasteiger partial charge is 0.468 e. The fourth-order valence-corrected chi connectivity index (χ4v) is 1.93. The van der Waals surface area contributed by atoms with Crippen LogP contribution < -0.4 is 5.32 Å². The van der Waals surface area contributed by atoms with Crippen LogP contribution in [0.25, 0.3) is 0 Å². The van der Waals surface area contributed by atoms with Gasteiger partial charge < -0.3 is 4.74 Å². The third-order valence-corrected chi connectivity index (χ3v) is 2.79. The molecule has 0 amide bonds. The Hall–Kier alpha value is -0.770. The van der Waals surface area contributed by atoms with Gasteiger partial charge in [-0.05, 0) is 37.6 Å². The molecule has 94 valence electrons. The van der Waals surface area contributed by atoms with Crippen LogP contribution in [0.1, 0.15) is 19.4 Å². The lowest BCUT2D eigenvalue weighted by atomic mass is 10.1. The van der Waals surface area contributed by atoms with E-state index in [1.165, 1.54) is 7.11 Å². The Labute approximate surface area is 111 Å². The van der Waals surface area contributed by atoms with E-state index in [9.17, 15) is 4.79 Å². The molecule has 0 aromatic heterocycles. The van der Waals surface area contributed by atoms with Crippen LogP contribution >= 0.6 is 23.2 Å². The van der Waals surface area contributed by atoms with Crippen LogP contribution in [-0.2, 0) is 16.1 Å². The molecule has 5 heteroatoms. The third kappa shape index (κ3) is 4.19. The highest BCUT2D eigenvalue weighted by atomic mass is 35.5. The summed E-state index contributed by atoms with van der Waals surface area (Å²) in [6.07, 6.45) is 0. The molecule has 0 radical (unpaired) electrons. The van der Waals surface area contributed by atoms with E-state index in [0.717, 1.165) is 5.56 Å². The monoisotopic (exact) mass is 275 g/mol. The van der Waals surface area contributed by atoms with Gasteiger partial charge >= 0.3 is 5.97 Å². The molecule has 0 spiro atoms. The first-order chi connectivity index (χ1) is 7.85. The molecule has 0 bridgehead atoms. The van der Waals surface area contributed by atoms with Crippen molar-refractivity contribution in [2.75, 3.05) is 7.11 Å². The minimum absolute atomic E-state index is 0.314. The molecule has 0 saturated carbocycles. The van der Waals surface area contributed by atoms with Crippen molar-refractivity contribution >= 4 is 29.2 Å². The average molecular weight is 276 g/mol. The second-order valence-electron chi connectivity index (χ2n) is 4.25. The summed E-state index contributed by atoms with van der Waals surface area (Å²) in [4.78, 5) is 11.5. The van der Waals surface area contributed by atoms with E-state index < -0.39 is 5.54 Å². The van der Waals surface area contributed by atoms with Crippen molar-refractivity contribution in [1.29, 1.82) is 0 Å². The Morgan fingerprint density at radius 1 is 1.29 bits per heavy atom. The molecule has 0 fully saturated rings. The molecule has 0 aliphatic carbocycles. The molecule has 17 heavy (non-hydrogen) atoms. The zero-order valence-corrected chi connectivity index (χ0v) is 11.5. The van der Waals surface area contributed by atoms with Crippen LogP contribution in [-0.4, -0.2) is 18.6 Å². The molecule has 1 aromatic rings. The molecule has 1 N–H and O–H groups in total. The van der Waals surface area contributed by atoms with Gasteiger partial charge in [-0.3, -0.25) is 10.1 Å². The first-order valence-electron chi connectivity index (χ1n) is 5.13. The van der Waals surface area contributed by atoms with Gasteiger partial charge in [-0.2, -0.15) is 0 Å². The van der Waals surface area contributed by atoms with E-state index in [0.29, 0.717) is 16.6 Å². The lowest BCUT2D eigenvalue weighted by Crippen LogP contribution is -2.46. The molecule has 0 saturated heterocycles. The number of carbonyl (C=O) groups is 1. The highest BCUT2D eigenvalue weighted by Crippen LogP contribution is 2.19. The van der Waals surface area contributed by atoms with E-state index in [1.807, 2.05) is 0 Å². The van der Waals surface area contributed by atoms with E-state index in [-0.39, 0.29) is 5.97 Å². The SMILES string of the molecule is COC(=O)C(C)(C)NCc1cc(Cl)cc(Cl)c1. The number of esters is 1.